The molecule has 0 spiro atoms. The number of benzene rings is 1. The summed E-state index contributed by atoms with van der Waals surface area (Å²) in [5, 5.41) is 3.73. The van der Waals surface area contributed by atoms with Crippen molar-refractivity contribution in [3.05, 3.63) is 29.8 Å². The summed E-state index contributed by atoms with van der Waals surface area (Å²) < 4.78 is 0. The summed E-state index contributed by atoms with van der Waals surface area (Å²) in [6, 6.07) is 9.55. The van der Waals surface area contributed by atoms with Crippen molar-refractivity contribution < 1.29 is 0 Å². The fraction of sp³-hybridized carbons (Fsp3) is 0.667. The van der Waals surface area contributed by atoms with Gasteiger partial charge in [-0.3, -0.25) is 0 Å². The Bertz CT molecular complexity index is 420. The normalized spacial score (nSPS) is 25.7. The molecule has 1 aromatic rings. The maximum absolute atomic E-state index is 3.73. The second-order valence-corrected chi connectivity index (χ2v) is 7.69. The highest BCUT2D eigenvalue weighted by atomic mass is 15.0. The zero-order valence-corrected chi connectivity index (χ0v) is 13.7. The minimum atomic E-state index is 0.472. The second-order valence-electron chi connectivity index (χ2n) is 7.69. The van der Waals surface area contributed by atoms with Gasteiger partial charge in [0.15, 0.2) is 0 Å². The van der Waals surface area contributed by atoms with Gasteiger partial charge in [-0.15, -0.1) is 0 Å². The van der Waals surface area contributed by atoms with Crippen molar-refractivity contribution in [3.63, 3.8) is 0 Å². The zero-order chi connectivity index (χ0) is 14.8. The van der Waals surface area contributed by atoms with Crippen LogP contribution >= 0.6 is 0 Å². The summed E-state index contributed by atoms with van der Waals surface area (Å²) in [4.78, 5) is 2.20. The molecule has 2 heteroatoms. The van der Waals surface area contributed by atoms with Gasteiger partial charge in [0.1, 0.15) is 0 Å². The first-order chi connectivity index (χ1) is 9.34. The summed E-state index contributed by atoms with van der Waals surface area (Å²) in [6.45, 7) is 8.19. The van der Waals surface area contributed by atoms with Crippen molar-refractivity contribution in [2.75, 3.05) is 19.4 Å². The number of hydrogen-bond donors (Lipinski definition) is 1. The van der Waals surface area contributed by atoms with Crippen LogP contribution in [0.5, 0.6) is 0 Å². The quantitative estimate of drug-likeness (QED) is 0.877. The van der Waals surface area contributed by atoms with Gasteiger partial charge in [-0.05, 0) is 62.4 Å². The fourth-order valence-corrected chi connectivity index (χ4v) is 3.76. The molecule has 0 amide bonds. The number of nitrogens with zero attached hydrogens (tertiary/aromatic N) is 1. The third-order valence-electron chi connectivity index (χ3n) is 4.21. The first kappa shape index (κ1) is 15.4. The highest BCUT2D eigenvalue weighted by Crippen LogP contribution is 2.39. The highest BCUT2D eigenvalue weighted by Gasteiger charge is 2.31. The van der Waals surface area contributed by atoms with Gasteiger partial charge in [0.25, 0.3) is 0 Å². The smallest absolute Gasteiger partial charge is 0.0342 e. The lowest BCUT2D eigenvalue weighted by atomic mass is 9.70. The molecule has 2 rings (SSSR count). The van der Waals surface area contributed by atoms with Gasteiger partial charge in [-0.1, -0.05) is 32.9 Å². The number of hydrogen-bond acceptors (Lipinski definition) is 2. The van der Waals surface area contributed by atoms with Gasteiger partial charge in [0.05, 0.1) is 0 Å². The lowest BCUT2D eigenvalue weighted by Gasteiger charge is -2.39. The molecule has 0 saturated heterocycles. The van der Waals surface area contributed by atoms with Gasteiger partial charge in [0.2, 0.25) is 0 Å². The first-order valence-corrected chi connectivity index (χ1v) is 7.84. The van der Waals surface area contributed by atoms with E-state index in [1.807, 2.05) is 0 Å². The first-order valence-electron chi connectivity index (χ1n) is 7.84. The Labute approximate surface area is 124 Å². The SMILES string of the molecule is CC1CC(Nc2ccc(CN(C)C)cc2)CC(C)(C)C1. The van der Waals surface area contributed by atoms with E-state index < -0.39 is 0 Å². The van der Waals surface area contributed by atoms with Crippen LogP contribution in [0.25, 0.3) is 0 Å². The maximum atomic E-state index is 3.73. The summed E-state index contributed by atoms with van der Waals surface area (Å²) in [5.41, 5.74) is 3.11. The standard InChI is InChI=1S/C18H30N2/c1-14-10-17(12-18(2,3)11-14)19-16-8-6-15(7-9-16)13-20(4)5/h6-9,14,17,19H,10-13H2,1-5H3. The van der Waals surface area contributed by atoms with Gasteiger partial charge in [-0.2, -0.15) is 0 Å². The van der Waals surface area contributed by atoms with Gasteiger partial charge < -0.3 is 10.2 Å². The predicted molar refractivity (Wildman–Crippen MR) is 88.0 cm³/mol. The average Bonchev–Trinajstić information content (AvgIpc) is 2.28. The molecule has 1 aliphatic rings. The van der Waals surface area contributed by atoms with Gasteiger partial charge in [0, 0.05) is 18.3 Å². The topological polar surface area (TPSA) is 15.3 Å². The van der Waals surface area contributed by atoms with Crippen molar-refractivity contribution in [1.29, 1.82) is 0 Å². The number of anilines is 1. The Morgan fingerprint density at radius 1 is 1.15 bits per heavy atom. The molecule has 0 heterocycles. The van der Waals surface area contributed by atoms with Crippen molar-refractivity contribution in [2.24, 2.45) is 11.3 Å². The molecule has 1 aliphatic carbocycles. The molecule has 1 N–H and O–H groups in total. The van der Waals surface area contributed by atoms with Crippen LogP contribution in [0.15, 0.2) is 24.3 Å². The third kappa shape index (κ3) is 4.52. The maximum Gasteiger partial charge on any atom is 0.0342 e. The van der Waals surface area contributed by atoms with Crippen LogP contribution in [0.2, 0.25) is 0 Å². The van der Waals surface area contributed by atoms with Crippen molar-refractivity contribution in [3.8, 4) is 0 Å². The molecule has 2 unspecified atom stereocenters. The van der Waals surface area contributed by atoms with Crippen LogP contribution in [0.4, 0.5) is 5.69 Å². The fourth-order valence-electron chi connectivity index (χ4n) is 3.76. The van der Waals surface area contributed by atoms with Crippen molar-refractivity contribution in [2.45, 2.75) is 52.6 Å². The van der Waals surface area contributed by atoms with E-state index in [9.17, 15) is 0 Å². The van der Waals surface area contributed by atoms with E-state index >= 15 is 0 Å². The predicted octanol–water partition coefficient (Wildman–Crippen LogP) is 4.37. The van der Waals surface area contributed by atoms with Gasteiger partial charge >= 0.3 is 0 Å². The lowest BCUT2D eigenvalue weighted by Crippen LogP contribution is -2.35. The van der Waals surface area contributed by atoms with Crippen molar-refractivity contribution >= 4 is 5.69 Å². The van der Waals surface area contributed by atoms with Crippen LogP contribution in [0, 0.1) is 11.3 Å². The van der Waals surface area contributed by atoms with Crippen LogP contribution in [-0.2, 0) is 6.54 Å². The minimum Gasteiger partial charge on any atom is -0.382 e. The Morgan fingerprint density at radius 2 is 1.80 bits per heavy atom. The molecule has 112 valence electrons. The van der Waals surface area contributed by atoms with Crippen LogP contribution in [0.1, 0.15) is 45.6 Å². The van der Waals surface area contributed by atoms with E-state index in [1.54, 1.807) is 0 Å². The molecule has 1 fully saturated rings. The summed E-state index contributed by atoms with van der Waals surface area (Å²) in [5.74, 6) is 0.823. The molecule has 20 heavy (non-hydrogen) atoms. The van der Waals surface area contributed by atoms with E-state index in [1.165, 1.54) is 30.5 Å². The summed E-state index contributed by atoms with van der Waals surface area (Å²) in [6.07, 6.45) is 3.92. The molecule has 0 aliphatic heterocycles. The van der Waals surface area contributed by atoms with Gasteiger partial charge in [-0.25, -0.2) is 0 Å². The number of rotatable bonds is 4. The van der Waals surface area contributed by atoms with Crippen LogP contribution in [-0.4, -0.2) is 25.0 Å². The Balaban J connectivity index is 1.96. The minimum absolute atomic E-state index is 0.472. The zero-order valence-electron chi connectivity index (χ0n) is 13.7. The Kier molecular flexibility index (Phi) is 4.74. The molecule has 0 radical (unpaired) electrons. The highest BCUT2D eigenvalue weighted by molar-refractivity contribution is 5.45. The van der Waals surface area contributed by atoms with E-state index in [0.29, 0.717) is 11.5 Å². The van der Waals surface area contributed by atoms with Crippen molar-refractivity contribution in [1.82, 2.24) is 4.90 Å². The largest absolute Gasteiger partial charge is 0.382 e. The van der Waals surface area contributed by atoms with E-state index in [2.05, 4.69) is 69.3 Å². The molecule has 0 bridgehead atoms. The molecule has 1 aromatic carbocycles. The molecule has 1 saturated carbocycles. The number of nitrogens with one attached hydrogen (secondary N) is 1. The van der Waals surface area contributed by atoms with Crippen LogP contribution < -0.4 is 5.32 Å². The average molecular weight is 274 g/mol. The monoisotopic (exact) mass is 274 g/mol. The van der Waals surface area contributed by atoms with E-state index in [0.717, 1.165) is 12.5 Å². The van der Waals surface area contributed by atoms with E-state index in [4.69, 9.17) is 0 Å². The van der Waals surface area contributed by atoms with Crippen LogP contribution in [0.3, 0.4) is 0 Å². The molecular weight excluding hydrogens is 244 g/mol. The molecule has 2 nitrogen and oxygen atoms in total. The Hall–Kier alpha value is -1.02. The summed E-state index contributed by atoms with van der Waals surface area (Å²) in [7, 11) is 4.22. The lowest BCUT2D eigenvalue weighted by molar-refractivity contribution is 0.178. The molecular formula is C18H30N2. The second kappa shape index (κ2) is 6.17. The third-order valence-corrected chi connectivity index (χ3v) is 4.21. The Morgan fingerprint density at radius 3 is 2.35 bits per heavy atom. The molecule has 2 atom stereocenters. The summed E-state index contributed by atoms with van der Waals surface area (Å²) >= 11 is 0. The van der Waals surface area contributed by atoms with E-state index in [-0.39, 0.29) is 0 Å². The molecule has 0 aromatic heterocycles.